The monoisotopic (exact) mass is 308 g/mol. The maximum atomic E-state index is 11.9. The number of aromatic nitrogens is 1. The summed E-state index contributed by atoms with van der Waals surface area (Å²) in [5.74, 6) is -2.65. The van der Waals surface area contributed by atoms with E-state index in [1.54, 1.807) is 6.20 Å². The van der Waals surface area contributed by atoms with Gasteiger partial charge in [0.15, 0.2) is 0 Å². The molecule has 0 aliphatic carbocycles. The standard InChI is InChI=1S/C10H7F3N2O4S/c11-10(12,13)9(16)19-15-20(17,18)8-2-1-6-4-14-5-7(6)3-8/h1-5,14-15H. The van der Waals surface area contributed by atoms with Crippen molar-refractivity contribution in [1.29, 1.82) is 0 Å². The highest BCUT2D eigenvalue weighted by Gasteiger charge is 2.42. The molecule has 0 radical (unpaired) electrons. The van der Waals surface area contributed by atoms with Gasteiger partial charge >= 0.3 is 12.1 Å². The van der Waals surface area contributed by atoms with E-state index in [2.05, 4.69) is 9.82 Å². The second-order valence-electron chi connectivity index (χ2n) is 3.72. The van der Waals surface area contributed by atoms with E-state index in [9.17, 15) is 26.4 Å². The lowest BCUT2D eigenvalue weighted by molar-refractivity contribution is -0.203. The molecule has 1 heterocycles. The summed E-state index contributed by atoms with van der Waals surface area (Å²) in [5.41, 5.74) is 0. The maximum absolute atomic E-state index is 11.9. The molecule has 6 nitrogen and oxygen atoms in total. The molecule has 0 atom stereocenters. The highest BCUT2D eigenvalue weighted by atomic mass is 32.2. The number of nitrogens with one attached hydrogen (secondary N) is 2. The van der Waals surface area contributed by atoms with Gasteiger partial charge < -0.3 is 9.82 Å². The number of H-pyrrole nitrogens is 1. The third-order valence-electron chi connectivity index (χ3n) is 2.32. The molecule has 0 bridgehead atoms. The molecular formula is C10H7F3N2O4S. The molecule has 0 aliphatic rings. The summed E-state index contributed by atoms with van der Waals surface area (Å²) in [6, 6.07) is 3.83. The lowest BCUT2D eigenvalue weighted by atomic mass is 10.2. The van der Waals surface area contributed by atoms with Crippen molar-refractivity contribution in [3.05, 3.63) is 30.6 Å². The van der Waals surface area contributed by atoms with Gasteiger partial charge in [-0.05, 0) is 22.4 Å². The van der Waals surface area contributed by atoms with Gasteiger partial charge in [-0.3, -0.25) is 0 Å². The molecule has 0 unspecified atom stereocenters. The Morgan fingerprint density at radius 2 is 1.85 bits per heavy atom. The van der Waals surface area contributed by atoms with Gasteiger partial charge in [0.05, 0.1) is 4.90 Å². The SMILES string of the molecule is O=C(ONS(=O)(=O)c1ccc2c[nH]cc2c1)C(F)(F)F. The van der Waals surface area contributed by atoms with Gasteiger partial charge in [0, 0.05) is 17.8 Å². The van der Waals surface area contributed by atoms with Crippen LogP contribution in [0.2, 0.25) is 0 Å². The Hall–Kier alpha value is -2.07. The number of hydrogen-bond donors (Lipinski definition) is 2. The van der Waals surface area contributed by atoms with Crippen molar-refractivity contribution in [1.82, 2.24) is 9.87 Å². The predicted octanol–water partition coefficient (Wildman–Crippen LogP) is 1.47. The fourth-order valence-corrected chi connectivity index (χ4v) is 2.21. The molecule has 2 N–H and O–H groups in total. The van der Waals surface area contributed by atoms with Crippen LogP contribution >= 0.6 is 0 Å². The first-order valence-electron chi connectivity index (χ1n) is 5.06. The molecule has 0 fully saturated rings. The lowest BCUT2D eigenvalue weighted by Gasteiger charge is -2.08. The smallest absolute Gasteiger partial charge is 0.366 e. The second-order valence-corrected chi connectivity index (χ2v) is 5.37. The summed E-state index contributed by atoms with van der Waals surface area (Å²) in [4.78, 5) is 17.5. The molecule has 2 rings (SSSR count). The van der Waals surface area contributed by atoms with Crippen molar-refractivity contribution in [2.75, 3.05) is 0 Å². The second kappa shape index (κ2) is 4.80. The zero-order chi connectivity index (χ0) is 15.0. The normalized spacial score (nSPS) is 12.6. The molecule has 0 aliphatic heterocycles. The number of rotatable bonds is 3. The topological polar surface area (TPSA) is 88.3 Å². The third kappa shape index (κ3) is 2.91. The number of sulfonamides is 1. The van der Waals surface area contributed by atoms with Gasteiger partial charge in [-0.2, -0.15) is 13.2 Å². The van der Waals surface area contributed by atoms with Crippen LogP contribution in [0.15, 0.2) is 35.5 Å². The van der Waals surface area contributed by atoms with E-state index < -0.39 is 22.2 Å². The van der Waals surface area contributed by atoms with Crippen LogP contribution in [-0.2, 0) is 19.7 Å². The van der Waals surface area contributed by atoms with Gasteiger partial charge in [0.25, 0.3) is 10.0 Å². The number of fused-ring (bicyclic) bond motifs is 1. The molecule has 0 saturated heterocycles. The van der Waals surface area contributed by atoms with Gasteiger partial charge in [-0.25, -0.2) is 13.2 Å². The predicted molar refractivity (Wildman–Crippen MR) is 60.8 cm³/mol. The average molecular weight is 308 g/mol. The molecule has 20 heavy (non-hydrogen) atoms. The van der Waals surface area contributed by atoms with Gasteiger partial charge in [-0.15, -0.1) is 0 Å². The Morgan fingerprint density at radius 1 is 1.20 bits per heavy atom. The number of carbonyl (C=O) groups excluding carboxylic acids is 1. The average Bonchev–Trinajstić information content (AvgIpc) is 2.81. The van der Waals surface area contributed by atoms with Crippen LogP contribution in [-0.4, -0.2) is 25.5 Å². The minimum absolute atomic E-state index is 0.334. The highest BCUT2D eigenvalue weighted by Crippen LogP contribution is 2.19. The summed E-state index contributed by atoms with van der Waals surface area (Å²) in [6.45, 7) is 0. The van der Waals surface area contributed by atoms with Crippen LogP contribution in [0, 0.1) is 0 Å². The number of carbonyl (C=O) groups is 1. The molecule has 1 aromatic heterocycles. The number of halogens is 3. The van der Waals surface area contributed by atoms with Crippen molar-refractivity contribution in [2.45, 2.75) is 11.1 Å². The van der Waals surface area contributed by atoms with Gasteiger partial charge in [-0.1, -0.05) is 6.07 Å². The van der Waals surface area contributed by atoms with E-state index in [1.807, 2.05) is 0 Å². The first-order valence-corrected chi connectivity index (χ1v) is 6.55. The Balaban J connectivity index is 2.20. The van der Waals surface area contributed by atoms with E-state index >= 15 is 0 Å². The Morgan fingerprint density at radius 3 is 2.50 bits per heavy atom. The van der Waals surface area contributed by atoms with Crippen LogP contribution < -0.4 is 4.89 Å². The largest absolute Gasteiger partial charge is 0.492 e. The van der Waals surface area contributed by atoms with Crippen molar-refractivity contribution in [3.8, 4) is 0 Å². The quantitative estimate of drug-likeness (QED) is 0.840. The van der Waals surface area contributed by atoms with E-state index in [0.717, 1.165) is 10.3 Å². The number of alkyl halides is 3. The van der Waals surface area contributed by atoms with Crippen LogP contribution in [0.4, 0.5) is 13.2 Å². The first-order chi connectivity index (χ1) is 9.20. The molecule has 0 saturated carbocycles. The highest BCUT2D eigenvalue weighted by molar-refractivity contribution is 7.89. The maximum Gasteiger partial charge on any atom is 0.492 e. The van der Waals surface area contributed by atoms with Crippen LogP contribution in [0.1, 0.15) is 0 Å². The lowest BCUT2D eigenvalue weighted by Crippen LogP contribution is -2.34. The van der Waals surface area contributed by atoms with Crippen molar-refractivity contribution in [2.24, 2.45) is 0 Å². The van der Waals surface area contributed by atoms with E-state index in [1.165, 1.54) is 24.4 Å². The summed E-state index contributed by atoms with van der Waals surface area (Å²) in [7, 11) is -4.39. The van der Waals surface area contributed by atoms with Crippen molar-refractivity contribution >= 4 is 26.8 Å². The Kier molecular flexibility index (Phi) is 3.44. The van der Waals surface area contributed by atoms with Crippen molar-refractivity contribution < 1.29 is 31.2 Å². The number of aromatic amines is 1. The Bertz CT molecular complexity index is 751. The summed E-state index contributed by atoms with van der Waals surface area (Å²) in [6.07, 6.45) is -2.16. The molecule has 0 amide bonds. The molecule has 1 aromatic carbocycles. The van der Waals surface area contributed by atoms with Gasteiger partial charge in [0.1, 0.15) is 0 Å². The zero-order valence-corrected chi connectivity index (χ0v) is 10.4. The van der Waals surface area contributed by atoms with E-state index in [-0.39, 0.29) is 4.90 Å². The molecular weight excluding hydrogens is 301 g/mol. The fourth-order valence-electron chi connectivity index (χ4n) is 1.40. The Labute approximate surface area is 110 Å². The first kappa shape index (κ1) is 14.3. The molecule has 10 heteroatoms. The summed E-state index contributed by atoms with van der Waals surface area (Å²) in [5, 5.41) is 1.26. The molecule has 0 spiro atoms. The third-order valence-corrected chi connectivity index (χ3v) is 3.50. The molecule has 2 aromatic rings. The van der Waals surface area contributed by atoms with E-state index in [4.69, 9.17) is 0 Å². The fraction of sp³-hybridized carbons (Fsp3) is 0.100. The van der Waals surface area contributed by atoms with Crippen LogP contribution in [0.5, 0.6) is 0 Å². The number of hydrogen-bond acceptors (Lipinski definition) is 4. The van der Waals surface area contributed by atoms with Gasteiger partial charge in [0.2, 0.25) is 0 Å². The van der Waals surface area contributed by atoms with Crippen LogP contribution in [0.25, 0.3) is 10.8 Å². The minimum Gasteiger partial charge on any atom is -0.366 e. The zero-order valence-electron chi connectivity index (χ0n) is 9.56. The van der Waals surface area contributed by atoms with E-state index in [0.29, 0.717) is 5.39 Å². The van der Waals surface area contributed by atoms with Crippen molar-refractivity contribution in [3.63, 3.8) is 0 Å². The van der Waals surface area contributed by atoms with Crippen LogP contribution in [0.3, 0.4) is 0 Å². The summed E-state index contributed by atoms with van der Waals surface area (Å²) < 4.78 is 59.0. The summed E-state index contributed by atoms with van der Waals surface area (Å²) >= 11 is 0. The number of benzene rings is 1. The minimum atomic E-state index is -5.28. The molecule has 108 valence electrons.